The summed E-state index contributed by atoms with van der Waals surface area (Å²) in [5.74, 6) is -0.520. The number of rotatable bonds is 5. The first kappa shape index (κ1) is 19.6. The highest BCUT2D eigenvalue weighted by Gasteiger charge is 2.49. The molecule has 2 aromatic carbocycles. The zero-order chi connectivity index (χ0) is 20.5. The van der Waals surface area contributed by atoms with Crippen LogP contribution in [0.3, 0.4) is 0 Å². The van der Waals surface area contributed by atoms with Crippen molar-refractivity contribution in [1.29, 1.82) is 0 Å². The number of aryl methyl sites for hydroxylation is 1. The van der Waals surface area contributed by atoms with Crippen molar-refractivity contribution in [3.8, 4) is 0 Å². The predicted octanol–water partition coefficient (Wildman–Crippen LogP) is 3.52. The fraction of sp³-hybridized carbons (Fsp3) is 0.318. The van der Waals surface area contributed by atoms with E-state index in [0.29, 0.717) is 11.6 Å². The SMILES string of the molecule is Cc1ccccc1C1(C)NC(=O)N(CC(=O)Nc2cccc(C(C)C)c2)C1=O. The van der Waals surface area contributed by atoms with Crippen LogP contribution in [0.1, 0.15) is 43.4 Å². The molecule has 3 rings (SSSR count). The van der Waals surface area contributed by atoms with Crippen molar-refractivity contribution in [3.63, 3.8) is 0 Å². The molecule has 6 heteroatoms. The van der Waals surface area contributed by atoms with Crippen LogP contribution in [-0.4, -0.2) is 29.3 Å². The number of carbonyl (C=O) groups is 3. The summed E-state index contributed by atoms with van der Waals surface area (Å²) in [5.41, 5.74) is 2.18. The Morgan fingerprint density at radius 3 is 2.54 bits per heavy atom. The first-order valence-electron chi connectivity index (χ1n) is 9.32. The summed E-state index contributed by atoms with van der Waals surface area (Å²) in [6.07, 6.45) is 0. The van der Waals surface area contributed by atoms with Gasteiger partial charge < -0.3 is 10.6 Å². The summed E-state index contributed by atoms with van der Waals surface area (Å²) >= 11 is 0. The summed E-state index contributed by atoms with van der Waals surface area (Å²) in [4.78, 5) is 38.9. The largest absolute Gasteiger partial charge is 0.325 e. The minimum absolute atomic E-state index is 0.331. The molecule has 0 aliphatic carbocycles. The number of hydrogen-bond donors (Lipinski definition) is 2. The van der Waals surface area contributed by atoms with Crippen LogP contribution in [0.5, 0.6) is 0 Å². The third-order valence-corrected chi connectivity index (χ3v) is 5.10. The first-order valence-corrected chi connectivity index (χ1v) is 9.32. The molecule has 0 aromatic heterocycles. The van der Waals surface area contributed by atoms with Crippen molar-refractivity contribution in [2.45, 2.75) is 39.2 Å². The van der Waals surface area contributed by atoms with Crippen LogP contribution in [0.4, 0.5) is 10.5 Å². The third kappa shape index (κ3) is 3.63. The van der Waals surface area contributed by atoms with Crippen molar-refractivity contribution in [1.82, 2.24) is 10.2 Å². The van der Waals surface area contributed by atoms with Crippen molar-refractivity contribution in [2.75, 3.05) is 11.9 Å². The van der Waals surface area contributed by atoms with E-state index in [1.807, 2.05) is 49.4 Å². The molecule has 2 aromatic rings. The summed E-state index contributed by atoms with van der Waals surface area (Å²) in [6, 6.07) is 14.4. The highest BCUT2D eigenvalue weighted by Crippen LogP contribution is 2.30. The molecule has 146 valence electrons. The Morgan fingerprint density at radius 1 is 1.14 bits per heavy atom. The minimum Gasteiger partial charge on any atom is -0.325 e. The highest BCUT2D eigenvalue weighted by atomic mass is 16.2. The van der Waals surface area contributed by atoms with Gasteiger partial charge in [0.25, 0.3) is 5.91 Å². The molecule has 4 amide bonds. The van der Waals surface area contributed by atoms with Gasteiger partial charge in [0, 0.05) is 5.69 Å². The maximum absolute atomic E-state index is 13.0. The van der Waals surface area contributed by atoms with Crippen LogP contribution in [-0.2, 0) is 15.1 Å². The van der Waals surface area contributed by atoms with Crippen LogP contribution in [0, 0.1) is 6.92 Å². The fourth-order valence-electron chi connectivity index (χ4n) is 3.48. The molecule has 1 fully saturated rings. The molecule has 0 spiro atoms. The molecule has 1 aliphatic heterocycles. The Hall–Kier alpha value is -3.15. The number of hydrogen-bond acceptors (Lipinski definition) is 3. The van der Waals surface area contributed by atoms with Crippen LogP contribution >= 0.6 is 0 Å². The van der Waals surface area contributed by atoms with E-state index in [0.717, 1.165) is 21.6 Å². The van der Waals surface area contributed by atoms with Gasteiger partial charge in [0.1, 0.15) is 12.1 Å². The van der Waals surface area contributed by atoms with Crippen molar-refractivity contribution < 1.29 is 14.4 Å². The van der Waals surface area contributed by atoms with E-state index in [2.05, 4.69) is 24.5 Å². The molecule has 2 N–H and O–H groups in total. The van der Waals surface area contributed by atoms with Gasteiger partial charge in [-0.3, -0.25) is 14.5 Å². The lowest BCUT2D eigenvalue weighted by atomic mass is 9.88. The van der Waals surface area contributed by atoms with Gasteiger partial charge in [0.15, 0.2) is 0 Å². The smallest absolute Gasteiger partial charge is 0.325 e. The Balaban J connectivity index is 1.75. The lowest BCUT2D eigenvalue weighted by molar-refractivity contribution is -0.133. The summed E-state index contributed by atoms with van der Waals surface area (Å²) in [6.45, 7) is 7.36. The second kappa shape index (κ2) is 7.46. The normalized spacial score (nSPS) is 19.1. The Bertz CT molecular complexity index is 938. The van der Waals surface area contributed by atoms with E-state index in [4.69, 9.17) is 0 Å². The van der Waals surface area contributed by atoms with Gasteiger partial charge in [0.2, 0.25) is 5.91 Å². The summed E-state index contributed by atoms with van der Waals surface area (Å²) in [5, 5.41) is 5.51. The number of anilines is 1. The van der Waals surface area contributed by atoms with Gasteiger partial charge in [-0.05, 0) is 48.6 Å². The predicted molar refractivity (Wildman–Crippen MR) is 108 cm³/mol. The van der Waals surface area contributed by atoms with E-state index in [9.17, 15) is 14.4 Å². The molecule has 1 unspecified atom stereocenters. The van der Waals surface area contributed by atoms with Gasteiger partial charge in [-0.25, -0.2) is 4.79 Å². The average molecular weight is 379 g/mol. The van der Waals surface area contributed by atoms with Gasteiger partial charge >= 0.3 is 6.03 Å². The zero-order valence-corrected chi connectivity index (χ0v) is 16.6. The molecular weight excluding hydrogens is 354 g/mol. The summed E-state index contributed by atoms with van der Waals surface area (Å²) in [7, 11) is 0. The van der Waals surface area contributed by atoms with Gasteiger partial charge in [-0.15, -0.1) is 0 Å². The Labute approximate surface area is 164 Å². The quantitative estimate of drug-likeness (QED) is 0.780. The lowest BCUT2D eigenvalue weighted by Gasteiger charge is -2.24. The van der Waals surface area contributed by atoms with Crippen molar-refractivity contribution in [2.24, 2.45) is 0 Å². The van der Waals surface area contributed by atoms with Crippen LogP contribution in [0.2, 0.25) is 0 Å². The number of nitrogens with zero attached hydrogens (tertiary/aromatic N) is 1. The molecule has 0 bridgehead atoms. The lowest BCUT2D eigenvalue weighted by Crippen LogP contribution is -2.42. The molecular formula is C22H25N3O3. The number of urea groups is 1. The molecule has 1 aliphatic rings. The van der Waals surface area contributed by atoms with Gasteiger partial charge in [0.05, 0.1) is 0 Å². The highest BCUT2D eigenvalue weighted by molar-refractivity contribution is 6.10. The summed E-state index contributed by atoms with van der Waals surface area (Å²) < 4.78 is 0. The number of imide groups is 1. The number of nitrogens with one attached hydrogen (secondary N) is 2. The van der Waals surface area contributed by atoms with Crippen molar-refractivity contribution >= 4 is 23.5 Å². The Kier molecular flexibility index (Phi) is 5.23. The van der Waals surface area contributed by atoms with Gasteiger partial charge in [-0.2, -0.15) is 0 Å². The fourth-order valence-corrected chi connectivity index (χ4v) is 3.48. The second-order valence-electron chi connectivity index (χ2n) is 7.59. The molecule has 0 radical (unpaired) electrons. The average Bonchev–Trinajstić information content (AvgIpc) is 2.86. The molecule has 28 heavy (non-hydrogen) atoms. The minimum atomic E-state index is -1.18. The molecule has 6 nitrogen and oxygen atoms in total. The number of benzene rings is 2. The monoisotopic (exact) mass is 379 g/mol. The first-order chi connectivity index (χ1) is 13.2. The van der Waals surface area contributed by atoms with Crippen LogP contribution in [0.15, 0.2) is 48.5 Å². The third-order valence-electron chi connectivity index (χ3n) is 5.10. The van der Waals surface area contributed by atoms with E-state index < -0.39 is 23.4 Å². The number of amides is 4. The maximum Gasteiger partial charge on any atom is 0.325 e. The standard InChI is InChI=1S/C22H25N3O3/c1-14(2)16-9-7-10-17(12-16)23-19(26)13-25-20(27)22(4,24-21(25)28)18-11-6-5-8-15(18)3/h5-12,14H,13H2,1-4H3,(H,23,26)(H,24,28). The maximum atomic E-state index is 13.0. The van der Waals surface area contributed by atoms with E-state index in [-0.39, 0.29) is 6.54 Å². The molecule has 1 heterocycles. The number of carbonyl (C=O) groups excluding carboxylic acids is 3. The molecule has 0 saturated carbocycles. The second-order valence-corrected chi connectivity index (χ2v) is 7.59. The van der Waals surface area contributed by atoms with E-state index in [1.54, 1.807) is 13.0 Å². The van der Waals surface area contributed by atoms with E-state index >= 15 is 0 Å². The van der Waals surface area contributed by atoms with Crippen molar-refractivity contribution in [3.05, 3.63) is 65.2 Å². The molecule has 1 saturated heterocycles. The Morgan fingerprint density at radius 2 is 1.86 bits per heavy atom. The topological polar surface area (TPSA) is 78.5 Å². The van der Waals surface area contributed by atoms with Crippen LogP contribution < -0.4 is 10.6 Å². The van der Waals surface area contributed by atoms with Gasteiger partial charge in [-0.1, -0.05) is 50.2 Å². The zero-order valence-electron chi connectivity index (χ0n) is 16.6. The van der Waals surface area contributed by atoms with E-state index in [1.165, 1.54) is 0 Å². The molecule has 1 atom stereocenters. The van der Waals surface area contributed by atoms with Crippen LogP contribution in [0.25, 0.3) is 0 Å².